The van der Waals surface area contributed by atoms with E-state index < -0.39 is 12.0 Å². The highest BCUT2D eigenvalue weighted by Gasteiger charge is 2.41. The smallest absolute Gasteiger partial charge is 0.451 e. The van der Waals surface area contributed by atoms with Gasteiger partial charge in [-0.3, -0.25) is 9.78 Å². The van der Waals surface area contributed by atoms with Crippen LogP contribution in [0.2, 0.25) is 0 Å². The lowest BCUT2D eigenvalue weighted by molar-refractivity contribution is -0.148. The monoisotopic (exact) mass is 575 g/mol. The zero-order chi connectivity index (χ0) is 27.3. The molecular weight excluding hydrogens is 547 g/mol. The number of pyridine rings is 1. The lowest BCUT2D eigenvalue weighted by atomic mass is 9.85. The topological polar surface area (TPSA) is 100 Å². The van der Waals surface area contributed by atoms with Gasteiger partial charge in [-0.25, -0.2) is 0 Å². The number of piperidine rings is 1. The van der Waals surface area contributed by atoms with Crippen LogP contribution in [0.5, 0.6) is 5.75 Å². The number of halogens is 4. The fraction of sp³-hybridized carbons (Fsp3) is 0.519. The maximum absolute atomic E-state index is 13.5. The van der Waals surface area contributed by atoms with E-state index in [1.54, 1.807) is 11.1 Å². The lowest BCUT2D eigenvalue weighted by Gasteiger charge is -2.40. The van der Waals surface area contributed by atoms with E-state index in [-0.39, 0.29) is 55.6 Å². The highest BCUT2D eigenvalue weighted by atomic mass is 35.5. The number of anilines is 1. The van der Waals surface area contributed by atoms with Crippen LogP contribution in [0.4, 0.5) is 18.9 Å². The molecule has 13 heteroatoms. The molecule has 1 saturated carbocycles. The summed E-state index contributed by atoms with van der Waals surface area (Å²) in [4.78, 5) is 21.7. The van der Waals surface area contributed by atoms with Gasteiger partial charge in [-0.2, -0.15) is 18.4 Å². The summed E-state index contributed by atoms with van der Waals surface area (Å²) >= 11 is 0. The second-order valence-corrected chi connectivity index (χ2v) is 10.7. The third kappa shape index (κ3) is 5.27. The number of carbonyl (C=O) groups excluding carboxylic acids is 1. The molecule has 9 nitrogen and oxygen atoms in total. The SMILES string of the molecule is C[C@@H]1CN(c2c(C#N)cnc3cc(OCC4CC4)ccc23)CC[C@@H]1C(=O)N1CCn2c(nnc2C(F)(F)F)C1.Cl. The van der Waals surface area contributed by atoms with Gasteiger partial charge in [0.1, 0.15) is 11.8 Å². The Morgan fingerprint density at radius 2 is 1.98 bits per heavy atom. The number of fused-ring (bicyclic) bond motifs is 2. The van der Waals surface area contributed by atoms with Gasteiger partial charge in [-0.05, 0) is 43.2 Å². The maximum atomic E-state index is 13.5. The van der Waals surface area contributed by atoms with E-state index in [2.05, 4.69) is 26.2 Å². The molecule has 3 aliphatic rings. The van der Waals surface area contributed by atoms with Crippen LogP contribution in [-0.2, 0) is 24.1 Å². The number of amides is 1. The number of hydrogen-bond acceptors (Lipinski definition) is 7. The second kappa shape index (κ2) is 10.8. The van der Waals surface area contributed by atoms with Gasteiger partial charge in [-0.15, -0.1) is 22.6 Å². The van der Waals surface area contributed by atoms with Gasteiger partial charge in [-0.1, -0.05) is 6.92 Å². The molecule has 0 radical (unpaired) electrons. The molecule has 6 rings (SSSR count). The van der Waals surface area contributed by atoms with Crippen LogP contribution in [0.3, 0.4) is 0 Å². The van der Waals surface area contributed by atoms with Gasteiger partial charge in [0, 0.05) is 49.7 Å². The lowest BCUT2D eigenvalue weighted by Crippen LogP contribution is -2.49. The Bertz CT molecular complexity index is 1470. The van der Waals surface area contributed by atoms with Crippen LogP contribution in [0.15, 0.2) is 24.4 Å². The largest absolute Gasteiger partial charge is 0.493 e. The first kappa shape index (κ1) is 28.0. The molecule has 212 valence electrons. The second-order valence-electron chi connectivity index (χ2n) is 10.7. The number of nitriles is 1. The van der Waals surface area contributed by atoms with Crippen LogP contribution in [0.25, 0.3) is 10.9 Å². The number of aromatic nitrogens is 4. The van der Waals surface area contributed by atoms with Crippen molar-refractivity contribution in [1.82, 2.24) is 24.6 Å². The number of benzene rings is 1. The quantitative estimate of drug-likeness (QED) is 0.444. The Morgan fingerprint density at radius 3 is 2.67 bits per heavy atom. The van der Waals surface area contributed by atoms with Crippen molar-refractivity contribution in [2.24, 2.45) is 17.8 Å². The zero-order valence-corrected chi connectivity index (χ0v) is 22.7. The highest BCUT2D eigenvalue weighted by molar-refractivity contribution is 5.95. The molecule has 2 fully saturated rings. The Morgan fingerprint density at radius 1 is 1.18 bits per heavy atom. The molecule has 0 unspecified atom stereocenters. The van der Waals surface area contributed by atoms with Crippen molar-refractivity contribution >= 4 is 34.9 Å². The molecule has 2 atom stereocenters. The van der Waals surface area contributed by atoms with Crippen molar-refractivity contribution in [1.29, 1.82) is 5.26 Å². The van der Waals surface area contributed by atoms with Gasteiger partial charge >= 0.3 is 6.18 Å². The predicted octanol–water partition coefficient (Wildman–Crippen LogP) is 4.43. The average Bonchev–Trinajstić information content (AvgIpc) is 3.65. The molecule has 40 heavy (non-hydrogen) atoms. The van der Waals surface area contributed by atoms with Crippen LogP contribution in [-0.4, -0.2) is 56.8 Å². The van der Waals surface area contributed by atoms with Crippen molar-refractivity contribution in [3.05, 3.63) is 41.6 Å². The first-order chi connectivity index (χ1) is 18.7. The third-order valence-corrected chi connectivity index (χ3v) is 7.97. The average molecular weight is 576 g/mol. The van der Waals surface area contributed by atoms with Gasteiger partial charge < -0.3 is 19.1 Å². The first-order valence-corrected chi connectivity index (χ1v) is 13.2. The predicted molar refractivity (Wildman–Crippen MR) is 142 cm³/mol. The Balaban J connectivity index is 0.00000323. The molecule has 1 saturated heterocycles. The molecule has 2 aromatic heterocycles. The zero-order valence-electron chi connectivity index (χ0n) is 21.9. The minimum Gasteiger partial charge on any atom is -0.493 e. The fourth-order valence-corrected chi connectivity index (χ4v) is 5.68. The van der Waals surface area contributed by atoms with E-state index in [1.807, 2.05) is 25.1 Å². The van der Waals surface area contributed by atoms with Crippen LogP contribution < -0.4 is 9.64 Å². The summed E-state index contributed by atoms with van der Waals surface area (Å²) < 4.78 is 46.5. The number of carbonyl (C=O) groups is 1. The van der Waals surface area contributed by atoms with E-state index in [0.717, 1.165) is 26.9 Å². The molecule has 4 heterocycles. The first-order valence-electron chi connectivity index (χ1n) is 13.2. The normalized spacial score (nSPS) is 21.0. The Kier molecular flexibility index (Phi) is 7.52. The summed E-state index contributed by atoms with van der Waals surface area (Å²) in [5.74, 6) is 0.126. The summed E-state index contributed by atoms with van der Waals surface area (Å²) in [5.41, 5.74) is 2.03. The highest BCUT2D eigenvalue weighted by Crippen LogP contribution is 2.37. The molecule has 0 N–H and O–H groups in total. The number of nitrogens with zero attached hydrogens (tertiary/aromatic N) is 7. The van der Waals surface area contributed by atoms with E-state index >= 15 is 0 Å². The standard InChI is InChI=1S/C27H28F3N7O2.ClH/c1-16-13-35(24-18(11-31)12-32-22-10-19(4-5-21(22)24)39-15-17-2-3-17)7-6-20(16)25(38)36-8-9-37-23(14-36)33-34-26(37)27(28,29)30;/h4-5,10,12,16-17,20H,2-3,6-9,13-15H2,1H3;1H/t16-,20+;/m1./s1. The molecule has 3 aromatic rings. The summed E-state index contributed by atoms with van der Waals surface area (Å²) in [6, 6.07) is 8.03. The molecule has 1 aliphatic carbocycles. The molecule has 0 bridgehead atoms. The number of ether oxygens (including phenoxy) is 1. The summed E-state index contributed by atoms with van der Waals surface area (Å²) in [6.07, 6.45) is -0.0199. The van der Waals surface area contributed by atoms with Crippen LogP contribution in [0.1, 0.15) is 43.4 Å². The van der Waals surface area contributed by atoms with E-state index in [1.165, 1.54) is 12.8 Å². The minimum absolute atomic E-state index is 0. The van der Waals surface area contributed by atoms with Crippen LogP contribution in [0, 0.1) is 29.1 Å². The summed E-state index contributed by atoms with van der Waals surface area (Å²) in [7, 11) is 0. The Labute approximate surface area is 235 Å². The van der Waals surface area contributed by atoms with Crippen molar-refractivity contribution in [2.75, 3.05) is 31.1 Å². The molecule has 0 spiro atoms. The number of alkyl halides is 3. The molecule has 1 amide bonds. The van der Waals surface area contributed by atoms with Crippen molar-refractivity contribution in [3.63, 3.8) is 0 Å². The Hall–Kier alpha value is -3.59. The maximum Gasteiger partial charge on any atom is 0.451 e. The molecule has 1 aromatic carbocycles. The van der Waals surface area contributed by atoms with Crippen molar-refractivity contribution in [3.8, 4) is 11.8 Å². The van der Waals surface area contributed by atoms with E-state index in [4.69, 9.17) is 4.74 Å². The van der Waals surface area contributed by atoms with Crippen molar-refractivity contribution in [2.45, 2.75) is 45.5 Å². The minimum atomic E-state index is -4.58. The van der Waals surface area contributed by atoms with Gasteiger partial charge in [0.05, 0.1) is 29.9 Å². The van der Waals surface area contributed by atoms with Crippen LogP contribution >= 0.6 is 12.4 Å². The summed E-state index contributed by atoms with van der Waals surface area (Å²) in [6.45, 7) is 4.03. The number of rotatable bonds is 5. The van der Waals surface area contributed by atoms with Gasteiger partial charge in [0.25, 0.3) is 0 Å². The molecular formula is C27H29ClF3N7O2. The van der Waals surface area contributed by atoms with E-state index in [9.17, 15) is 23.2 Å². The van der Waals surface area contributed by atoms with Crippen molar-refractivity contribution < 1.29 is 22.7 Å². The molecule has 2 aliphatic heterocycles. The fourth-order valence-electron chi connectivity index (χ4n) is 5.68. The van der Waals surface area contributed by atoms with Gasteiger partial charge in [0.15, 0.2) is 5.82 Å². The summed E-state index contributed by atoms with van der Waals surface area (Å²) in [5, 5.41) is 17.7. The van der Waals surface area contributed by atoms with Gasteiger partial charge in [0.2, 0.25) is 11.7 Å². The van der Waals surface area contributed by atoms with E-state index in [0.29, 0.717) is 37.6 Å². The third-order valence-electron chi connectivity index (χ3n) is 7.97. The number of hydrogen-bond donors (Lipinski definition) is 0.